The van der Waals surface area contributed by atoms with Crippen LogP contribution in [0.3, 0.4) is 0 Å². The fraction of sp³-hybridized carbons (Fsp3) is 0.0455. The van der Waals surface area contributed by atoms with Crippen molar-refractivity contribution in [2.45, 2.75) is 6.04 Å². The maximum atomic E-state index is 13.4. The molecule has 2 aromatic heterocycles. The maximum Gasteiger partial charge on any atom is 0.296 e. The van der Waals surface area contributed by atoms with Crippen LogP contribution < -0.4 is 10.3 Å². The van der Waals surface area contributed by atoms with Crippen molar-refractivity contribution in [2.24, 2.45) is 0 Å². The quantitative estimate of drug-likeness (QED) is 0.398. The highest BCUT2D eigenvalue weighted by atomic mass is 79.9. The summed E-state index contributed by atoms with van der Waals surface area (Å²) in [6.45, 7) is 0. The molecule has 4 aromatic rings. The summed E-state index contributed by atoms with van der Waals surface area (Å²) in [6, 6.07) is 17.1. The summed E-state index contributed by atoms with van der Waals surface area (Å²) >= 11 is 9.40. The Hall–Kier alpha value is -2.96. The van der Waals surface area contributed by atoms with Crippen LogP contribution >= 0.6 is 27.5 Å². The molecule has 0 saturated heterocycles. The summed E-state index contributed by atoms with van der Waals surface area (Å²) < 4.78 is 6.79. The van der Waals surface area contributed by atoms with Crippen molar-refractivity contribution in [1.82, 2.24) is 4.98 Å². The van der Waals surface area contributed by atoms with E-state index < -0.39 is 11.9 Å². The Morgan fingerprint density at radius 3 is 2.48 bits per heavy atom. The Bertz CT molecular complexity index is 1320. The summed E-state index contributed by atoms with van der Waals surface area (Å²) in [7, 11) is 0. The molecule has 1 atom stereocenters. The van der Waals surface area contributed by atoms with Gasteiger partial charge in [0.15, 0.2) is 5.43 Å². The molecule has 0 unspecified atom stereocenters. The van der Waals surface area contributed by atoms with E-state index in [0.29, 0.717) is 27.4 Å². The molecule has 0 N–H and O–H groups in total. The number of pyridine rings is 1. The SMILES string of the molecule is O=C1c2oc3ccccc3c(=O)c2[C@H](c2ccc(Br)cc2)N1c1ccc(Cl)cn1. The number of anilines is 1. The molecule has 3 heterocycles. The molecule has 0 fully saturated rings. The molecule has 5 nitrogen and oxygen atoms in total. The molecular weight excluding hydrogens is 456 g/mol. The predicted molar refractivity (Wildman–Crippen MR) is 115 cm³/mol. The number of hydrogen-bond donors (Lipinski definition) is 0. The molecule has 5 rings (SSSR count). The van der Waals surface area contributed by atoms with Crippen molar-refractivity contribution < 1.29 is 9.21 Å². The summed E-state index contributed by atoms with van der Waals surface area (Å²) in [4.78, 5) is 32.5. The lowest BCUT2D eigenvalue weighted by molar-refractivity contribution is 0.0970. The average molecular weight is 468 g/mol. The molecule has 0 spiro atoms. The third-order valence-corrected chi connectivity index (χ3v) is 5.67. The fourth-order valence-corrected chi connectivity index (χ4v) is 4.00. The Balaban J connectivity index is 1.81. The second-order valence-corrected chi connectivity index (χ2v) is 7.99. The Morgan fingerprint density at radius 1 is 1.00 bits per heavy atom. The topological polar surface area (TPSA) is 63.4 Å². The molecule has 29 heavy (non-hydrogen) atoms. The highest BCUT2D eigenvalue weighted by Gasteiger charge is 2.44. The van der Waals surface area contributed by atoms with Gasteiger partial charge in [-0.2, -0.15) is 0 Å². The Labute approximate surface area is 178 Å². The number of amides is 1. The van der Waals surface area contributed by atoms with Crippen LogP contribution in [0.4, 0.5) is 5.82 Å². The lowest BCUT2D eigenvalue weighted by atomic mass is 9.98. The summed E-state index contributed by atoms with van der Waals surface area (Å²) in [5.41, 5.74) is 1.25. The van der Waals surface area contributed by atoms with Crippen molar-refractivity contribution in [3.05, 3.63) is 103 Å². The minimum Gasteiger partial charge on any atom is -0.450 e. The highest BCUT2D eigenvalue weighted by Crippen LogP contribution is 2.40. The smallest absolute Gasteiger partial charge is 0.296 e. The number of rotatable bonds is 2. The van der Waals surface area contributed by atoms with E-state index in [1.54, 1.807) is 36.4 Å². The number of aromatic nitrogens is 1. The molecular formula is C22H12BrClN2O3. The van der Waals surface area contributed by atoms with Crippen LogP contribution in [0.1, 0.15) is 27.7 Å². The van der Waals surface area contributed by atoms with Crippen LogP contribution in [0.2, 0.25) is 5.02 Å². The number of hydrogen-bond acceptors (Lipinski definition) is 4. The van der Waals surface area contributed by atoms with Gasteiger partial charge in [0.2, 0.25) is 5.76 Å². The number of carbonyl (C=O) groups is 1. The summed E-state index contributed by atoms with van der Waals surface area (Å²) in [6.07, 6.45) is 1.47. The third kappa shape index (κ3) is 2.87. The number of halogens is 2. The minimum absolute atomic E-state index is 0.0402. The lowest BCUT2D eigenvalue weighted by Gasteiger charge is -2.24. The number of benzene rings is 2. The van der Waals surface area contributed by atoms with Crippen molar-refractivity contribution >= 4 is 50.2 Å². The first kappa shape index (κ1) is 18.1. The van der Waals surface area contributed by atoms with Crippen LogP contribution in [0.15, 0.2) is 80.5 Å². The average Bonchev–Trinajstić information content (AvgIpc) is 3.02. The van der Waals surface area contributed by atoms with Gasteiger partial charge in [-0.1, -0.05) is 51.8 Å². The molecule has 1 aliphatic rings. The molecule has 2 aromatic carbocycles. The zero-order chi connectivity index (χ0) is 20.1. The second kappa shape index (κ2) is 6.83. The molecule has 142 valence electrons. The van der Waals surface area contributed by atoms with Gasteiger partial charge in [-0.25, -0.2) is 4.98 Å². The molecule has 7 heteroatoms. The van der Waals surface area contributed by atoms with E-state index in [1.807, 2.05) is 24.3 Å². The van der Waals surface area contributed by atoms with Crippen molar-refractivity contribution in [2.75, 3.05) is 4.90 Å². The molecule has 1 amide bonds. The van der Waals surface area contributed by atoms with E-state index >= 15 is 0 Å². The third-order valence-electron chi connectivity index (χ3n) is 4.92. The van der Waals surface area contributed by atoms with Crippen LogP contribution in [-0.2, 0) is 0 Å². The summed E-state index contributed by atoms with van der Waals surface area (Å²) in [5.74, 6) is 0.0196. The van der Waals surface area contributed by atoms with Crippen molar-refractivity contribution in [3.63, 3.8) is 0 Å². The number of para-hydroxylation sites is 1. The van der Waals surface area contributed by atoms with Crippen molar-refractivity contribution in [1.29, 1.82) is 0 Å². The van der Waals surface area contributed by atoms with Gasteiger partial charge in [-0.05, 0) is 42.0 Å². The van der Waals surface area contributed by atoms with E-state index in [9.17, 15) is 9.59 Å². The number of nitrogens with zero attached hydrogens (tertiary/aromatic N) is 2. The zero-order valence-corrected chi connectivity index (χ0v) is 17.1. The first-order valence-electron chi connectivity index (χ1n) is 8.81. The Morgan fingerprint density at radius 2 is 1.76 bits per heavy atom. The number of carbonyl (C=O) groups excluding carboxylic acids is 1. The first-order valence-corrected chi connectivity index (χ1v) is 9.98. The van der Waals surface area contributed by atoms with Gasteiger partial charge in [-0.3, -0.25) is 14.5 Å². The van der Waals surface area contributed by atoms with E-state index in [2.05, 4.69) is 20.9 Å². The Kier molecular flexibility index (Phi) is 4.26. The summed E-state index contributed by atoms with van der Waals surface area (Å²) in [5, 5.41) is 0.894. The van der Waals surface area contributed by atoms with Gasteiger partial charge in [0, 0.05) is 10.7 Å². The predicted octanol–water partition coefficient (Wildman–Crippen LogP) is 5.35. The van der Waals surface area contributed by atoms with Crippen LogP contribution in [0.5, 0.6) is 0 Å². The number of fused-ring (bicyclic) bond motifs is 2. The minimum atomic E-state index is -0.653. The molecule has 0 aliphatic carbocycles. The first-order chi connectivity index (χ1) is 14.0. The van der Waals surface area contributed by atoms with Gasteiger partial charge < -0.3 is 4.42 Å². The van der Waals surface area contributed by atoms with E-state index in [0.717, 1.165) is 10.0 Å². The van der Waals surface area contributed by atoms with Gasteiger partial charge in [-0.15, -0.1) is 0 Å². The molecule has 0 saturated carbocycles. The second-order valence-electron chi connectivity index (χ2n) is 6.63. The standard InChI is InChI=1S/C22H12BrClN2O3/c23-13-7-5-12(6-8-13)19-18-20(27)15-3-1-2-4-16(15)29-21(18)22(28)26(19)17-10-9-14(24)11-25-17/h1-11,19H/t19-/m0/s1. The van der Waals surface area contributed by atoms with Crippen LogP contribution in [0.25, 0.3) is 11.0 Å². The van der Waals surface area contributed by atoms with Gasteiger partial charge in [0.05, 0.1) is 22.0 Å². The van der Waals surface area contributed by atoms with E-state index in [4.69, 9.17) is 16.0 Å². The van der Waals surface area contributed by atoms with Gasteiger partial charge in [0.1, 0.15) is 11.4 Å². The largest absolute Gasteiger partial charge is 0.450 e. The van der Waals surface area contributed by atoms with Gasteiger partial charge >= 0.3 is 0 Å². The zero-order valence-electron chi connectivity index (χ0n) is 14.8. The van der Waals surface area contributed by atoms with E-state index in [-0.39, 0.29) is 11.2 Å². The maximum absolute atomic E-state index is 13.4. The molecule has 0 bridgehead atoms. The van der Waals surface area contributed by atoms with E-state index in [1.165, 1.54) is 11.1 Å². The monoisotopic (exact) mass is 466 g/mol. The van der Waals surface area contributed by atoms with Crippen molar-refractivity contribution in [3.8, 4) is 0 Å². The fourth-order valence-electron chi connectivity index (χ4n) is 3.63. The lowest BCUT2D eigenvalue weighted by Crippen LogP contribution is -2.30. The highest BCUT2D eigenvalue weighted by molar-refractivity contribution is 9.10. The molecule has 0 radical (unpaired) electrons. The van der Waals surface area contributed by atoms with Gasteiger partial charge in [0.25, 0.3) is 5.91 Å². The molecule has 1 aliphatic heterocycles. The van der Waals surface area contributed by atoms with Crippen LogP contribution in [0, 0.1) is 0 Å². The van der Waals surface area contributed by atoms with Crippen LogP contribution in [-0.4, -0.2) is 10.9 Å². The normalized spacial score (nSPS) is 15.7.